The van der Waals surface area contributed by atoms with Gasteiger partial charge in [0, 0.05) is 51.7 Å². The first kappa shape index (κ1) is 66.5. The number of hydrogen-bond acceptors (Lipinski definition) is 0. The fourth-order valence-corrected chi connectivity index (χ4v) is 10.3. The zero-order valence-electron chi connectivity index (χ0n) is 43.0. The van der Waals surface area contributed by atoms with E-state index in [1.54, 1.807) is 0 Å². The quantitative estimate of drug-likeness (QED) is 0.0456. The molecule has 0 aliphatic heterocycles. The molecule has 0 atom stereocenters. The molecule has 10 aromatic carbocycles. The molecule has 6 heteroatoms. The standard InChI is InChI=1S/2C15H24Si.4C9H7.2ClH.2Hf/c2*1-2-3-4-5-6-7-11-14-16-15-12-9-8-10-13-15;4*1-2-5-9-7-3-6-8(9)4-1;;;;/h2*8-10,12-13H,2-7,11,14H2,1H3;4*1-7H;2*1H;;/q;;4*-1;;;;/p-2. The molecule has 0 aliphatic carbocycles. The fraction of sp³-hybridized carbons (Fsp3) is 0.273. The van der Waals surface area contributed by atoms with Crippen LogP contribution in [0.2, 0.25) is 12.1 Å². The first-order valence-corrected chi connectivity index (χ1v) is 28.1. The molecule has 0 N–H and O–H groups in total. The van der Waals surface area contributed by atoms with Gasteiger partial charge in [-0.2, -0.15) is 70.1 Å². The molecule has 0 spiro atoms. The monoisotopic (exact) mass is 1350 g/mol. The van der Waals surface area contributed by atoms with E-state index in [1.807, 2.05) is 0 Å². The molecule has 0 unspecified atom stereocenters. The normalized spacial score (nSPS) is 9.81. The van der Waals surface area contributed by atoms with Crippen molar-refractivity contribution in [1.82, 2.24) is 0 Å². The van der Waals surface area contributed by atoms with Crippen LogP contribution in [0.4, 0.5) is 0 Å². The van der Waals surface area contributed by atoms with Crippen LogP contribution >= 0.6 is 0 Å². The molecule has 72 heavy (non-hydrogen) atoms. The Labute approximate surface area is 490 Å². The smallest absolute Gasteiger partial charge is 0.0807 e. The molecule has 376 valence electrons. The number of unbranched alkanes of at least 4 members (excludes halogenated alkanes) is 12. The van der Waals surface area contributed by atoms with Crippen molar-refractivity contribution in [3.63, 3.8) is 0 Å². The minimum Gasteiger partial charge on any atom is -1.00 e. The second-order valence-corrected chi connectivity index (χ2v) is 20.3. The van der Waals surface area contributed by atoms with Gasteiger partial charge in [0.1, 0.15) is 0 Å². The molecule has 0 fully saturated rings. The van der Waals surface area contributed by atoms with Crippen molar-refractivity contribution < 1.29 is 76.5 Å². The van der Waals surface area contributed by atoms with E-state index >= 15 is 0 Å². The van der Waals surface area contributed by atoms with Crippen LogP contribution in [-0.2, 0) is 51.7 Å². The van der Waals surface area contributed by atoms with Gasteiger partial charge in [0.25, 0.3) is 0 Å². The van der Waals surface area contributed by atoms with Gasteiger partial charge in [0.15, 0.2) is 0 Å². The maximum absolute atomic E-state index is 2.28. The molecule has 0 saturated carbocycles. The fourth-order valence-electron chi connectivity index (χ4n) is 8.02. The summed E-state index contributed by atoms with van der Waals surface area (Å²) in [5.74, 6) is 0. The Balaban J connectivity index is 0.000000434. The third kappa shape index (κ3) is 28.3. The summed E-state index contributed by atoms with van der Waals surface area (Å²) in [4.78, 5) is 0. The van der Waals surface area contributed by atoms with Crippen molar-refractivity contribution in [2.45, 2.75) is 116 Å². The zero-order chi connectivity index (χ0) is 47.4. The molecule has 4 radical (unpaired) electrons. The van der Waals surface area contributed by atoms with Gasteiger partial charge in [-0.25, -0.2) is 0 Å². The van der Waals surface area contributed by atoms with Crippen molar-refractivity contribution in [3.05, 3.63) is 231 Å². The number of halogens is 2. The van der Waals surface area contributed by atoms with Crippen LogP contribution in [0.15, 0.2) is 231 Å². The van der Waals surface area contributed by atoms with Gasteiger partial charge in [-0.05, 0) is 0 Å². The minimum atomic E-state index is 0. The summed E-state index contributed by atoms with van der Waals surface area (Å²) in [6.45, 7) is 4.56. The maximum Gasteiger partial charge on any atom is 0.0807 e. The van der Waals surface area contributed by atoms with Crippen LogP contribution < -0.4 is 35.2 Å². The van der Waals surface area contributed by atoms with Crippen LogP contribution in [0.3, 0.4) is 0 Å². The summed E-state index contributed by atoms with van der Waals surface area (Å²) < 4.78 is 0. The molecule has 0 heterocycles. The van der Waals surface area contributed by atoms with E-state index in [-0.39, 0.29) is 76.5 Å². The topological polar surface area (TPSA) is 0 Å². The predicted molar refractivity (Wildman–Crippen MR) is 307 cm³/mol. The first-order chi connectivity index (χ1) is 33.7. The van der Waals surface area contributed by atoms with Crippen molar-refractivity contribution in [2.24, 2.45) is 0 Å². The van der Waals surface area contributed by atoms with Gasteiger partial charge < -0.3 is 24.8 Å². The summed E-state index contributed by atoms with van der Waals surface area (Å²) in [6.07, 6.45) is 19.9. The van der Waals surface area contributed by atoms with Crippen LogP contribution in [0.25, 0.3) is 43.1 Å². The SMILES string of the molecule is CCCCCCCCC[Si]c1ccccc1.CCCCCCCCC[Si]c1ccccc1.[Cl-].[Cl-].[Hf].[Hf].c1ccc2[cH-]ccc2c1.c1ccc2[cH-]ccc2c1.c1ccc2[cH-]ccc2c1.c1ccc2[cH-]ccc2c1. The zero-order valence-corrected chi connectivity index (χ0v) is 53.7. The molecule has 10 rings (SSSR count). The van der Waals surface area contributed by atoms with E-state index in [2.05, 4.69) is 244 Å². The Kier molecular flexibility index (Phi) is 40.5. The predicted octanol–water partition coefficient (Wildman–Crippen LogP) is 12.6. The molecule has 0 nitrogen and oxygen atoms in total. The third-order valence-electron chi connectivity index (χ3n) is 12.0. The number of benzene rings is 6. The third-order valence-corrected chi connectivity index (χ3v) is 14.6. The average Bonchev–Trinajstić information content (AvgIpc) is 4.26. The van der Waals surface area contributed by atoms with E-state index < -0.39 is 0 Å². The van der Waals surface area contributed by atoms with Crippen LogP contribution in [-0.4, -0.2) is 19.0 Å². The van der Waals surface area contributed by atoms with Crippen molar-refractivity contribution in [2.75, 3.05) is 0 Å². The molecule has 10 aromatic rings. The van der Waals surface area contributed by atoms with E-state index in [0.717, 1.165) is 19.0 Å². The van der Waals surface area contributed by atoms with Gasteiger partial charge in [0.05, 0.1) is 19.0 Å². The Bertz CT molecular complexity index is 2260. The van der Waals surface area contributed by atoms with Crippen LogP contribution in [0.1, 0.15) is 104 Å². The molecule has 0 amide bonds. The molecule has 0 aromatic heterocycles. The molecular formula is C66H76Cl2Hf2Si2-6. The summed E-state index contributed by atoms with van der Waals surface area (Å²) in [5, 5.41) is 13.7. The second-order valence-electron chi connectivity index (χ2n) is 17.4. The van der Waals surface area contributed by atoms with Gasteiger partial charge in [-0.15, -0.1) is 119 Å². The molecule has 0 saturated heterocycles. The Morgan fingerprint density at radius 2 is 0.514 bits per heavy atom. The Morgan fingerprint density at radius 1 is 0.278 bits per heavy atom. The summed E-state index contributed by atoms with van der Waals surface area (Å²) in [7, 11) is 2.03. The molecular weight excluding hydrogens is 1280 g/mol. The summed E-state index contributed by atoms with van der Waals surface area (Å²) >= 11 is 0. The Morgan fingerprint density at radius 3 is 0.778 bits per heavy atom. The number of fused-ring (bicyclic) bond motifs is 4. The van der Waals surface area contributed by atoms with Crippen LogP contribution in [0.5, 0.6) is 0 Å². The molecule has 0 bridgehead atoms. The van der Waals surface area contributed by atoms with Crippen molar-refractivity contribution >= 4 is 72.5 Å². The van der Waals surface area contributed by atoms with E-state index in [1.165, 1.54) is 155 Å². The van der Waals surface area contributed by atoms with Crippen molar-refractivity contribution in [3.8, 4) is 0 Å². The number of rotatable bonds is 18. The molecule has 0 aliphatic rings. The van der Waals surface area contributed by atoms with Crippen LogP contribution in [0, 0.1) is 0 Å². The second kappa shape index (κ2) is 43.9. The van der Waals surface area contributed by atoms with Crippen molar-refractivity contribution in [1.29, 1.82) is 0 Å². The summed E-state index contributed by atoms with van der Waals surface area (Å²) in [5.41, 5.74) is 0. The van der Waals surface area contributed by atoms with E-state index in [0.29, 0.717) is 0 Å². The van der Waals surface area contributed by atoms with Gasteiger partial charge >= 0.3 is 0 Å². The first-order valence-electron chi connectivity index (χ1n) is 25.7. The Hall–Kier alpha value is -3.49. The maximum atomic E-state index is 2.28. The largest absolute Gasteiger partial charge is 1.00 e. The summed E-state index contributed by atoms with van der Waals surface area (Å²) in [6, 6.07) is 83.2. The minimum absolute atomic E-state index is 0. The average molecular weight is 1350 g/mol. The van der Waals surface area contributed by atoms with Gasteiger partial charge in [0.2, 0.25) is 0 Å². The van der Waals surface area contributed by atoms with Gasteiger partial charge in [-0.3, -0.25) is 0 Å². The number of hydrogen-bond donors (Lipinski definition) is 0. The van der Waals surface area contributed by atoms with Gasteiger partial charge in [-0.1, -0.05) is 211 Å². The van der Waals surface area contributed by atoms with E-state index in [4.69, 9.17) is 0 Å². The van der Waals surface area contributed by atoms with E-state index in [9.17, 15) is 0 Å².